The first-order chi connectivity index (χ1) is 8.11. The van der Waals surface area contributed by atoms with Crippen molar-refractivity contribution in [3.63, 3.8) is 0 Å². The number of aromatic hydroxyl groups is 2. The SMILES string of the molecule is CC(c1c(O)cccc1O)N(C)C1CCNC1. The summed E-state index contributed by atoms with van der Waals surface area (Å²) in [6, 6.07) is 5.35. The Hall–Kier alpha value is -1.26. The van der Waals surface area contributed by atoms with Crippen LogP contribution in [0.1, 0.15) is 24.9 Å². The molecule has 0 aliphatic carbocycles. The van der Waals surface area contributed by atoms with Crippen LogP contribution in [0.2, 0.25) is 0 Å². The molecule has 0 spiro atoms. The van der Waals surface area contributed by atoms with Gasteiger partial charge in [-0.3, -0.25) is 4.90 Å². The van der Waals surface area contributed by atoms with Crippen LogP contribution < -0.4 is 5.32 Å². The minimum Gasteiger partial charge on any atom is -0.507 e. The van der Waals surface area contributed by atoms with E-state index in [0.29, 0.717) is 11.6 Å². The van der Waals surface area contributed by atoms with Crippen molar-refractivity contribution in [1.29, 1.82) is 0 Å². The van der Waals surface area contributed by atoms with Crippen molar-refractivity contribution in [2.24, 2.45) is 0 Å². The van der Waals surface area contributed by atoms with Gasteiger partial charge in [-0.2, -0.15) is 0 Å². The highest BCUT2D eigenvalue weighted by Gasteiger charge is 2.26. The van der Waals surface area contributed by atoms with Crippen LogP contribution in [0, 0.1) is 0 Å². The molecule has 94 valence electrons. The second-order valence-electron chi connectivity index (χ2n) is 4.70. The van der Waals surface area contributed by atoms with Gasteiger partial charge in [-0.25, -0.2) is 0 Å². The van der Waals surface area contributed by atoms with Crippen LogP contribution in [0.3, 0.4) is 0 Å². The number of hydrogen-bond acceptors (Lipinski definition) is 4. The van der Waals surface area contributed by atoms with Gasteiger partial charge in [0.1, 0.15) is 11.5 Å². The van der Waals surface area contributed by atoms with Gasteiger partial charge in [0.05, 0.1) is 5.56 Å². The summed E-state index contributed by atoms with van der Waals surface area (Å²) in [5.74, 6) is 0.325. The topological polar surface area (TPSA) is 55.7 Å². The summed E-state index contributed by atoms with van der Waals surface area (Å²) < 4.78 is 0. The van der Waals surface area contributed by atoms with Crippen LogP contribution in [0.4, 0.5) is 0 Å². The highest BCUT2D eigenvalue weighted by Crippen LogP contribution is 2.36. The molecule has 1 aromatic carbocycles. The number of phenols is 2. The second-order valence-corrected chi connectivity index (χ2v) is 4.70. The van der Waals surface area contributed by atoms with Gasteiger partial charge in [-0.1, -0.05) is 6.07 Å². The maximum Gasteiger partial charge on any atom is 0.124 e. The van der Waals surface area contributed by atoms with Gasteiger partial charge in [0.25, 0.3) is 0 Å². The van der Waals surface area contributed by atoms with E-state index in [4.69, 9.17) is 0 Å². The molecule has 2 unspecified atom stereocenters. The third kappa shape index (κ3) is 2.37. The Morgan fingerprint density at radius 1 is 1.35 bits per heavy atom. The van der Waals surface area contributed by atoms with Crippen LogP contribution in [0.5, 0.6) is 11.5 Å². The van der Waals surface area contributed by atoms with E-state index in [1.54, 1.807) is 18.2 Å². The molecule has 0 saturated carbocycles. The Morgan fingerprint density at radius 2 is 2.00 bits per heavy atom. The predicted molar refractivity (Wildman–Crippen MR) is 67.2 cm³/mol. The maximum atomic E-state index is 9.85. The van der Waals surface area contributed by atoms with Crippen LogP contribution in [0.15, 0.2) is 18.2 Å². The number of nitrogens with one attached hydrogen (secondary N) is 1. The van der Waals surface area contributed by atoms with Crippen LogP contribution >= 0.6 is 0 Å². The van der Waals surface area contributed by atoms with Crippen molar-refractivity contribution in [2.45, 2.75) is 25.4 Å². The van der Waals surface area contributed by atoms with Gasteiger partial charge in [0, 0.05) is 18.6 Å². The lowest BCUT2D eigenvalue weighted by atomic mass is 10.0. The van der Waals surface area contributed by atoms with Crippen molar-refractivity contribution < 1.29 is 10.2 Å². The first-order valence-corrected chi connectivity index (χ1v) is 6.04. The molecule has 0 radical (unpaired) electrons. The van der Waals surface area contributed by atoms with E-state index in [2.05, 4.69) is 10.2 Å². The van der Waals surface area contributed by atoms with Crippen molar-refractivity contribution in [2.75, 3.05) is 20.1 Å². The molecule has 17 heavy (non-hydrogen) atoms. The minimum absolute atomic E-state index is 0.00102. The molecule has 3 N–H and O–H groups in total. The molecule has 1 aromatic rings. The highest BCUT2D eigenvalue weighted by atomic mass is 16.3. The smallest absolute Gasteiger partial charge is 0.124 e. The van der Waals surface area contributed by atoms with Gasteiger partial charge in [-0.05, 0) is 39.1 Å². The zero-order valence-electron chi connectivity index (χ0n) is 10.3. The van der Waals surface area contributed by atoms with E-state index in [0.717, 1.165) is 19.5 Å². The standard InChI is InChI=1S/C13H20N2O2/c1-9(15(2)10-6-7-14-8-10)13-11(16)4-3-5-12(13)17/h3-5,9-10,14,16-17H,6-8H2,1-2H3. The molecule has 4 heteroatoms. The predicted octanol–water partition coefficient (Wildman–Crippen LogP) is 1.45. The van der Waals surface area contributed by atoms with Crippen molar-refractivity contribution in [3.8, 4) is 11.5 Å². The quantitative estimate of drug-likeness (QED) is 0.743. The molecule has 0 bridgehead atoms. The Morgan fingerprint density at radius 3 is 2.53 bits per heavy atom. The largest absolute Gasteiger partial charge is 0.507 e. The fourth-order valence-electron chi connectivity index (χ4n) is 2.48. The molecule has 1 fully saturated rings. The third-order valence-electron chi connectivity index (χ3n) is 3.70. The lowest BCUT2D eigenvalue weighted by Gasteiger charge is -2.31. The molecule has 2 rings (SSSR count). The molecule has 1 aliphatic heterocycles. The van der Waals surface area contributed by atoms with Crippen LogP contribution in [-0.4, -0.2) is 41.3 Å². The summed E-state index contributed by atoms with van der Waals surface area (Å²) in [7, 11) is 2.04. The molecule has 2 atom stereocenters. The minimum atomic E-state index is 0.00102. The summed E-state index contributed by atoms with van der Waals surface area (Å²) in [6.07, 6.45) is 1.11. The van der Waals surface area contributed by atoms with Crippen LogP contribution in [-0.2, 0) is 0 Å². The Balaban J connectivity index is 2.20. The number of benzene rings is 1. The van der Waals surface area contributed by atoms with E-state index < -0.39 is 0 Å². The number of phenolic OH excluding ortho intramolecular Hbond substituents is 2. The molecule has 1 aliphatic rings. The first kappa shape index (κ1) is 12.2. The molecule has 4 nitrogen and oxygen atoms in total. The molecular weight excluding hydrogens is 216 g/mol. The van der Waals surface area contributed by atoms with Gasteiger partial charge in [0.2, 0.25) is 0 Å². The van der Waals surface area contributed by atoms with Crippen LogP contribution in [0.25, 0.3) is 0 Å². The Kier molecular flexibility index (Phi) is 3.54. The summed E-state index contributed by atoms with van der Waals surface area (Å²) in [5.41, 5.74) is 0.613. The Labute approximate surface area is 102 Å². The van der Waals surface area contributed by atoms with Gasteiger partial charge in [0.15, 0.2) is 0 Å². The average Bonchev–Trinajstić information content (AvgIpc) is 2.81. The van der Waals surface area contributed by atoms with E-state index in [1.807, 2.05) is 14.0 Å². The fourth-order valence-corrected chi connectivity index (χ4v) is 2.48. The van der Waals surface area contributed by atoms with Crippen molar-refractivity contribution in [3.05, 3.63) is 23.8 Å². The number of rotatable bonds is 3. The average molecular weight is 236 g/mol. The summed E-state index contributed by atoms with van der Waals surface area (Å²) in [5, 5.41) is 23.0. The number of likely N-dealkylation sites (N-methyl/N-ethyl adjacent to an activating group) is 1. The van der Waals surface area contributed by atoms with Crippen molar-refractivity contribution in [1.82, 2.24) is 10.2 Å². The Bertz CT molecular complexity index is 369. The summed E-state index contributed by atoms with van der Waals surface area (Å²) >= 11 is 0. The molecule has 1 heterocycles. The lowest BCUT2D eigenvalue weighted by Crippen LogP contribution is -2.35. The lowest BCUT2D eigenvalue weighted by molar-refractivity contribution is 0.191. The molecule has 0 amide bonds. The van der Waals surface area contributed by atoms with Gasteiger partial charge < -0.3 is 15.5 Å². The van der Waals surface area contributed by atoms with Crippen molar-refractivity contribution >= 4 is 0 Å². The number of nitrogens with zero attached hydrogens (tertiary/aromatic N) is 1. The normalized spacial score (nSPS) is 21.9. The fraction of sp³-hybridized carbons (Fsp3) is 0.538. The molecular formula is C13H20N2O2. The highest BCUT2D eigenvalue weighted by molar-refractivity contribution is 5.45. The first-order valence-electron chi connectivity index (χ1n) is 6.04. The molecule has 1 saturated heterocycles. The number of hydrogen-bond donors (Lipinski definition) is 3. The third-order valence-corrected chi connectivity index (χ3v) is 3.70. The summed E-state index contributed by atoms with van der Waals surface area (Å²) in [4.78, 5) is 2.20. The zero-order valence-corrected chi connectivity index (χ0v) is 10.3. The van der Waals surface area contributed by atoms with E-state index >= 15 is 0 Å². The second kappa shape index (κ2) is 4.94. The van der Waals surface area contributed by atoms with Gasteiger partial charge in [-0.15, -0.1) is 0 Å². The zero-order chi connectivity index (χ0) is 12.4. The van der Waals surface area contributed by atoms with Gasteiger partial charge >= 0.3 is 0 Å². The molecule has 0 aromatic heterocycles. The van der Waals surface area contributed by atoms with E-state index in [1.165, 1.54) is 0 Å². The maximum absolute atomic E-state index is 9.85. The van der Waals surface area contributed by atoms with E-state index in [-0.39, 0.29) is 17.5 Å². The summed E-state index contributed by atoms with van der Waals surface area (Å²) in [6.45, 7) is 4.01. The van der Waals surface area contributed by atoms with E-state index in [9.17, 15) is 10.2 Å². The monoisotopic (exact) mass is 236 g/mol.